The molecule has 0 bridgehead atoms. The minimum Gasteiger partial charge on any atom is -0.392 e. The molecule has 0 fully saturated rings. The van der Waals surface area contributed by atoms with Crippen molar-refractivity contribution < 1.29 is 5.11 Å². The van der Waals surface area contributed by atoms with E-state index in [-0.39, 0.29) is 17.6 Å². The van der Waals surface area contributed by atoms with Gasteiger partial charge in [-0.3, -0.25) is 4.68 Å². The molecule has 0 spiro atoms. The number of nitrogens with one attached hydrogen (secondary N) is 1. The molecule has 0 aliphatic heterocycles. The van der Waals surface area contributed by atoms with E-state index in [1.165, 1.54) is 5.56 Å². The van der Waals surface area contributed by atoms with E-state index in [1.54, 1.807) is 0 Å². The normalized spacial score (nSPS) is 15.9. The molecule has 0 saturated carbocycles. The van der Waals surface area contributed by atoms with Crippen LogP contribution >= 0.6 is 0 Å². The summed E-state index contributed by atoms with van der Waals surface area (Å²) in [6, 6.07) is 0.206. The molecule has 98 valence electrons. The molecule has 0 radical (unpaired) electrons. The Bertz CT molecular complexity index is 341. The third-order valence-electron chi connectivity index (χ3n) is 2.95. The van der Waals surface area contributed by atoms with Crippen LogP contribution in [0.2, 0.25) is 0 Å². The van der Waals surface area contributed by atoms with E-state index in [4.69, 9.17) is 0 Å². The molecule has 0 aliphatic rings. The molecule has 4 heteroatoms. The standard InChI is InChI=1S/C13H25N3O/c1-6-11(17)8-14-12(13(2,3)4)10-7-15-16(5)9-10/h7,9,11-12,14,17H,6,8H2,1-5H3/t11-,12+/m0/s1. The van der Waals surface area contributed by atoms with Crippen molar-refractivity contribution in [3.63, 3.8) is 0 Å². The second-order valence-corrected chi connectivity index (χ2v) is 5.72. The molecule has 0 aliphatic carbocycles. The lowest BCUT2D eigenvalue weighted by atomic mass is 9.83. The second kappa shape index (κ2) is 5.65. The van der Waals surface area contributed by atoms with E-state index in [9.17, 15) is 5.11 Å². The second-order valence-electron chi connectivity index (χ2n) is 5.72. The molecule has 0 unspecified atom stereocenters. The van der Waals surface area contributed by atoms with Gasteiger partial charge in [0.15, 0.2) is 0 Å². The summed E-state index contributed by atoms with van der Waals surface area (Å²) in [7, 11) is 1.92. The largest absolute Gasteiger partial charge is 0.392 e. The monoisotopic (exact) mass is 239 g/mol. The molecule has 4 nitrogen and oxygen atoms in total. The molecule has 0 saturated heterocycles. The maximum atomic E-state index is 9.64. The highest BCUT2D eigenvalue weighted by molar-refractivity contribution is 5.13. The quantitative estimate of drug-likeness (QED) is 0.824. The highest BCUT2D eigenvalue weighted by Gasteiger charge is 2.27. The van der Waals surface area contributed by atoms with E-state index in [1.807, 2.05) is 31.0 Å². The smallest absolute Gasteiger partial charge is 0.0662 e. The van der Waals surface area contributed by atoms with Gasteiger partial charge in [0.05, 0.1) is 12.3 Å². The summed E-state index contributed by atoms with van der Waals surface area (Å²) in [6.07, 6.45) is 4.41. The third kappa shape index (κ3) is 4.13. The van der Waals surface area contributed by atoms with Crippen LogP contribution < -0.4 is 5.32 Å². The molecular formula is C13H25N3O. The van der Waals surface area contributed by atoms with Crippen LogP contribution in [0.15, 0.2) is 12.4 Å². The van der Waals surface area contributed by atoms with Gasteiger partial charge in [0, 0.05) is 31.4 Å². The Labute approximate surface area is 104 Å². The lowest BCUT2D eigenvalue weighted by Gasteiger charge is -2.31. The molecular weight excluding hydrogens is 214 g/mol. The Kier molecular flexibility index (Phi) is 4.71. The first-order valence-corrected chi connectivity index (χ1v) is 6.24. The number of rotatable bonds is 5. The number of hydrogen-bond donors (Lipinski definition) is 2. The zero-order valence-electron chi connectivity index (χ0n) is 11.6. The topological polar surface area (TPSA) is 50.1 Å². The molecule has 0 aromatic carbocycles. The molecule has 1 heterocycles. The number of aromatic nitrogens is 2. The van der Waals surface area contributed by atoms with Gasteiger partial charge >= 0.3 is 0 Å². The molecule has 0 amide bonds. The van der Waals surface area contributed by atoms with Crippen molar-refractivity contribution in [3.8, 4) is 0 Å². The average molecular weight is 239 g/mol. The van der Waals surface area contributed by atoms with Gasteiger partial charge in [-0.2, -0.15) is 5.10 Å². The summed E-state index contributed by atoms with van der Waals surface area (Å²) >= 11 is 0. The Hall–Kier alpha value is -0.870. The van der Waals surface area contributed by atoms with E-state index in [0.717, 1.165) is 6.42 Å². The molecule has 17 heavy (non-hydrogen) atoms. The zero-order valence-corrected chi connectivity index (χ0v) is 11.6. The van der Waals surface area contributed by atoms with Crippen LogP contribution in [0.25, 0.3) is 0 Å². The van der Waals surface area contributed by atoms with Crippen molar-refractivity contribution >= 4 is 0 Å². The van der Waals surface area contributed by atoms with E-state index < -0.39 is 0 Å². The average Bonchev–Trinajstić information content (AvgIpc) is 2.62. The zero-order chi connectivity index (χ0) is 13.1. The highest BCUT2D eigenvalue weighted by atomic mass is 16.3. The van der Waals surface area contributed by atoms with Crippen LogP contribution in [-0.2, 0) is 7.05 Å². The molecule has 1 rings (SSSR count). The minimum absolute atomic E-state index is 0.0937. The van der Waals surface area contributed by atoms with Crippen LogP contribution in [0.3, 0.4) is 0 Å². The first kappa shape index (κ1) is 14.2. The minimum atomic E-state index is -0.281. The van der Waals surface area contributed by atoms with Gasteiger partial charge in [-0.1, -0.05) is 27.7 Å². The van der Waals surface area contributed by atoms with Crippen molar-refractivity contribution in [2.45, 2.75) is 46.3 Å². The number of aliphatic hydroxyl groups excluding tert-OH is 1. The number of hydrogen-bond acceptors (Lipinski definition) is 3. The fourth-order valence-electron chi connectivity index (χ4n) is 1.91. The predicted molar refractivity (Wildman–Crippen MR) is 69.7 cm³/mol. The summed E-state index contributed by atoms with van der Waals surface area (Å²) in [5, 5.41) is 17.3. The van der Waals surface area contributed by atoms with Crippen LogP contribution in [0.4, 0.5) is 0 Å². The summed E-state index contributed by atoms with van der Waals surface area (Å²) in [5.74, 6) is 0. The van der Waals surface area contributed by atoms with Crippen molar-refractivity contribution in [2.24, 2.45) is 12.5 Å². The van der Waals surface area contributed by atoms with Crippen molar-refractivity contribution in [1.29, 1.82) is 0 Å². The van der Waals surface area contributed by atoms with Crippen LogP contribution in [-0.4, -0.2) is 27.5 Å². The van der Waals surface area contributed by atoms with Crippen LogP contribution in [0, 0.1) is 5.41 Å². The van der Waals surface area contributed by atoms with E-state index in [0.29, 0.717) is 6.54 Å². The van der Waals surface area contributed by atoms with Gasteiger partial charge in [-0.25, -0.2) is 0 Å². The number of aliphatic hydroxyl groups is 1. The summed E-state index contributed by atoms with van der Waals surface area (Å²) in [4.78, 5) is 0. The van der Waals surface area contributed by atoms with Gasteiger partial charge in [0.1, 0.15) is 0 Å². The molecule has 1 aromatic heterocycles. The fourth-order valence-corrected chi connectivity index (χ4v) is 1.91. The van der Waals surface area contributed by atoms with Gasteiger partial charge in [-0.05, 0) is 11.8 Å². The number of aryl methyl sites for hydroxylation is 1. The maximum Gasteiger partial charge on any atom is 0.0662 e. The summed E-state index contributed by atoms with van der Waals surface area (Å²) < 4.78 is 1.81. The van der Waals surface area contributed by atoms with Crippen molar-refractivity contribution in [2.75, 3.05) is 6.54 Å². The van der Waals surface area contributed by atoms with E-state index in [2.05, 4.69) is 31.2 Å². The first-order valence-electron chi connectivity index (χ1n) is 6.24. The van der Waals surface area contributed by atoms with Crippen molar-refractivity contribution in [1.82, 2.24) is 15.1 Å². The molecule has 2 N–H and O–H groups in total. The molecule has 2 atom stereocenters. The SMILES string of the molecule is CC[C@H](O)CN[C@H](c1cnn(C)c1)C(C)(C)C. The fraction of sp³-hybridized carbons (Fsp3) is 0.769. The Balaban J connectivity index is 2.75. The number of nitrogens with zero attached hydrogens (tertiary/aromatic N) is 2. The Morgan fingerprint density at radius 2 is 2.12 bits per heavy atom. The van der Waals surface area contributed by atoms with E-state index >= 15 is 0 Å². The van der Waals surface area contributed by atoms with Gasteiger partial charge in [-0.15, -0.1) is 0 Å². The Morgan fingerprint density at radius 1 is 1.47 bits per heavy atom. The van der Waals surface area contributed by atoms with Gasteiger partial charge in [0.25, 0.3) is 0 Å². The maximum absolute atomic E-state index is 9.64. The first-order chi connectivity index (χ1) is 7.84. The lowest BCUT2D eigenvalue weighted by molar-refractivity contribution is 0.149. The van der Waals surface area contributed by atoms with Crippen LogP contribution in [0.1, 0.15) is 45.7 Å². The predicted octanol–water partition coefficient (Wildman–Crippen LogP) is 1.87. The highest BCUT2D eigenvalue weighted by Crippen LogP contribution is 2.32. The van der Waals surface area contributed by atoms with Crippen molar-refractivity contribution in [3.05, 3.63) is 18.0 Å². The lowest BCUT2D eigenvalue weighted by Crippen LogP contribution is -2.36. The third-order valence-corrected chi connectivity index (χ3v) is 2.95. The summed E-state index contributed by atoms with van der Waals surface area (Å²) in [6.45, 7) is 9.18. The van der Waals surface area contributed by atoms with Crippen LogP contribution in [0.5, 0.6) is 0 Å². The summed E-state index contributed by atoms with van der Waals surface area (Å²) in [5.41, 5.74) is 1.26. The van der Waals surface area contributed by atoms with Gasteiger partial charge < -0.3 is 10.4 Å². The Morgan fingerprint density at radius 3 is 2.53 bits per heavy atom. The van der Waals surface area contributed by atoms with Gasteiger partial charge in [0.2, 0.25) is 0 Å². The molecule has 1 aromatic rings.